The molecule has 0 aromatic carbocycles. The molecule has 22 heavy (non-hydrogen) atoms. The molecule has 0 spiro atoms. The Bertz CT molecular complexity index is 341. The Morgan fingerprint density at radius 1 is 0.773 bits per heavy atom. The summed E-state index contributed by atoms with van der Waals surface area (Å²) in [4.78, 5) is 0. The molecular weight excluding hydrogens is 264 g/mol. The highest BCUT2D eigenvalue weighted by Crippen LogP contribution is 2.14. The lowest BCUT2D eigenvalue weighted by molar-refractivity contribution is 0.636. The quantitative estimate of drug-likeness (QED) is 0.173. The van der Waals surface area contributed by atoms with Gasteiger partial charge in [0.1, 0.15) is 0 Å². The maximum atomic E-state index is 3.68. The van der Waals surface area contributed by atoms with Crippen LogP contribution in [0.3, 0.4) is 0 Å². The van der Waals surface area contributed by atoms with E-state index in [0.717, 1.165) is 6.42 Å². The summed E-state index contributed by atoms with van der Waals surface area (Å²) >= 11 is 0. The Balaban J connectivity index is 3.67. The topological polar surface area (TPSA) is 0 Å². The molecule has 0 unspecified atom stereocenters. The number of hydrogen-bond donors (Lipinski definition) is 0. The van der Waals surface area contributed by atoms with Crippen LogP contribution in [0.5, 0.6) is 0 Å². The van der Waals surface area contributed by atoms with E-state index in [-0.39, 0.29) is 0 Å². The molecule has 0 nitrogen and oxygen atoms in total. The molecule has 0 saturated carbocycles. The van der Waals surface area contributed by atoms with E-state index in [9.17, 15) is 0 Å². The highest BCUT2D eigenvalue weighted by molar-refractivity contribution is 5.05. The fraction of sp³-hybridized carbons (Fsp3) is 0.636. The van der Waals surface area contributed by atoms with Gasteiger partial charge in [-0.2, -0.15) is 0 Å². The van der Waals surface area contributed by atoms with Gasteiger partial charge in [-0.3, -0.25) is 0 Å². The summed E-state index contributed by atoms with van der Waals surface area (Å²) in [7, 11) is 0. The minimum Gasteiger partial charge on any atom is -0.0991 e. The zero-order valence-electron chi connectivity index (χ0n) is 15.4. The van der Waals surface area contributed by atoms with Gasteiger partial charge in [-0.25, -0.2) is 0 Å². The lowest BCUT2D eigenvalue weighted by atomic mass is 10.0. The summed E-state index contributed by atoms with van der Waals surface area (Å²) in [5.41, 5.74) is 3.11. The van der Waals surface area contributed by atoms with E-state index in [2.05, 4.69) is 45.6 Å². The Labute approximate surface area is 140 Å². The van der Waals surface area contributed by atoms with Gasteiger partial charge in [0.05, 0.1) is 0 Å². The normalized spacial score (nSPS) is 13.0. The Morgan fingerprint density at radius 2 is 1.36 bits per heavy atom. The molecule has 0 radical (unpaired) electrons. The van der Waals surface area contributed by atoms with Crippen LogP contribution in [-0.2, 0) is 0 Å². The van der Waals surface area contributed by atoms with Crippen LogP contribution in [0.1, 0.15) is 91.4 Å². The zero-order chi connectivity index (χ0) is 16.5. The number of unbranched alkanes of at least 4 members (excludes halogenated alkanes) is 7. The van der Waals surface area contributed by atoms with Gasteiger partial charge in [0.25, 0.3) is 0 Å². The van der Waals surface area contributed by atoms with Crippen molar-refractivity contribution in [2.24, 2.45) is 0 Å². The van der Waals surface area contributed by atoms with Gasteiger partial charge < -0.3 is 0 Å². The molecule has 0 atom stereocenters. The third kappa shape index (κ3) is 15.4. The second-order valence-electron chi connectivity index (χ2n) is 6.40. The Hall–Kier alpha value is -1.04. The maximum absolute atomic E-state index is 3.68. The Kier molecular flexibility index (Phi) is 15.6. The van der Waals surface area contributed by atoms with E-state index >= 15 is 0 Å². The first-order chi connectivity index (χ1) is 10.7. The van der Waals surface area contributed by atoms with Crippen molar-refractivity contribution in [3.63, 3.8) is 0 Å². The number of allylic oxidation sites excluding steroid dienone is 7. The summed E-state index contributed by atoms with van der Waals surface area (Å²) in [5.74, 6) is 0. The van der Waals surface area contributed by atoms with Gasteiger partial charge in [0, 0.05) is 0 Å². The lowest BCUT2D eigenvalue weighted by Gasteiger charge is -2.03. The monoisotopic (exact) mass is 302 g/mol. The highest BCUT2D eigenvalue weighted by Gasteiger charge is 1.94. The summed E-state index contributed by atoms with van der Waals surface area (Å²) in [6.45, 7) is 10.5. The van der Waals surface area contributed by atoms with Crippen molar-refractivity contribution < 1.29 is 0 Å². The zero-order valence-corrected chi connectivity index (χ0v) is 15.4. The molecular formula is C22H38. The predicted octanol–water partition coefficient (Wildman–Crippen LogP) is 7.93. The van der Waals surface area contributed by atoms with Crippen LogP contribution >= 0.6 is 0 Å². The lowest BCUT2D eigenvalue weighted by Crippen LogP contribution is -1.83. The largest absolute Gasteiger partial charge is 0.0991 e. The fourth-order valence-electron chi connectivity index (χ4n) is 2.47. The van der Waals surface area contributed by atoms with Crippen LogP contribution in [0, 0.1) is 0 Å². The van der Waals surface area contributed by atoms with Crippen LogP contribution in [0.25, 0.3) is 0 Å². The summed E-state index contributed by atoms with van der Waals surface area (Å²) in [5, 5.41) is 0. The number of hydrogen-bond acceptors (Lipinski definition) is 0. The summed E-state index contributed by atoms with van der Waals surface area (Å²) < 4.78 is 0. The molecule has 126 valence electrons. The molecule has 0 heterocycles. The van der Waals surface area contributed by atoms with Crippen molar-refractivity contribution in [2.45, 2.75) is 91.4 Å². The first-order valence-corrected chi connectivity index (χ1v) is 9.29. The SMILES string of the molecule is C=CC=CCCCC=C(C)CCC(C)=CCCCCCCC. The third-order valence-electron chi connectivity index (χ3n) is 4.05. The van der Waals surface area contributed by atoms with Crippen molar-refractivity contribution in [3.05, 3.63) is 48.1 Å². The minimum atomic E-state index is 1.16. The van der Waals surface area contributed by atoms with Gasteiger partial charge in [-0.15, -0.1) is 0 Å². The molecule has 0 fully saturated rings. The molecule has 0 aliphatic heterocycles. The second kappa shape index (κ2) is 16.3. The van der Waals surface area contributed by atoms with Gasteiger partial charge in [0.2, 0.25) is 0 Å². The first-order valence-electron chi connectivity index (χ1n) is 9.29. The van der Waals surface area contributed by atoms with Crippen molar-refractivity contribution in [3.8, 4) is 0 Å². The standard InChI is InChI=1S/C22H38/c1-5-7-9-11-13-15-17-21(3)19-20-22(4)18-16-14-12-10-8-6-2/h5,7,9,17-18H,1,6,8,10-16,19-20H2,2-4H3. The maximum Gasteiger partial charge on any atom is -0.0286 e. The molecule has 0 aliphatic rings. The second-order valence-corrected chi connectivity index (χ2v) is 6.40. The van der Waals surface area contributed by atoms with Crippen LogP contribution in [0.2, 0.25) is 0 Å². The van der Waals surface area contributed by atoms with Crippen LogP contribution in [0.15, 0.2) is 48.1 Å². The van der Waals surface area contributed by atoms with Gasteiger partial charge in [-0.05, 0) is 58.8 Å². The first kappa shape index (κ1) is 21.0. The summed E-state index contributed by atoms with van der Waals surface area (Å²) in [6.07, 6.45) is 25.2. The van der Waals surface area contributed by atoms with E-state index in [1.165, 1.54) is 64.2 Å². The molecule has 0 rings (SSSR count). The highest BCUT2D eigenvalue weighted by atomic mass is 14.0. The molecule has 0 aromatic heterocycles. The van der Waals surface area contributed by atoms with Crippen LogP contribution < -0.4 is 0 Å². The van der Waals surface area contributed by atoms with E-state index in [1.807, 2.05) is 12.2 Å². The molecule has 0 amide bonds. The predicted molar refractivity (Wildman–Crippen MR) is 103 cm³/mol. The molecule has 0 aromatic rings. The molecule has 0 saturated heterocycles. The average molecular weight is 303 g/mol. The Morgan fingerprint density at radius 3 is 1.95 bits per heavy atom. The fourth-order valence-corrected chi connectivity index (χ4v) is 2.47. The van der Waals surface area contributed by atoms with E-state index in [1.54, 1.807) is 11.1 Å². The molecule has 0 bridgehead atoms. The number of rotatable bonds is 14. The third-order valence-corrected chi connectivity index (χ3v) is 4.05. The molecule has 0 heteroatoms. The van der Waals surface area contributed by atoms with E-state index in [4.69, 9.17) is 0 Å². The van der Waals surface area contributed by atoms with Crippen LogP contribution in [-0.4, -0.2) is 0 Å². The van der Waals surface area contributed by atoms with Crippen molar-refractivity contribution in [2.75, 3.05) is 0 Å². The van der Waals surface area contributed by atoms with Crippen molar-refractivity contribution in [1.29, 1.82) is 0 Å². The smallest absolute Gasteiger partial charge is 0.0286 e. The van der Waals surface area contributed by atoms with Gasteiger partial charge in [0.15, 0.2) is 0 Å². The van der Waals surface area contributed by atoms with Gasteiger partial charge >= 0.3 is 0 Å². The molecule has 0 N–H and O–H groups in total. The van der Waals surface area contributed by atoms with Crippen LogP contribution in [0.4, 0.5) is 0 Å². The minimum absolute atomic E-state index is 1.16. The van der Waals surface area contributed by atoms with E-state index in [0.29, 0.717) is 0 Å². The van der Waals surface area contributed by atoms with E-state index < -0.39 is 0 Å². The molecule has 0 aliphatic carbocycles. The average Bonchev–Trinajstić information content (AvgIpc) is 2.52. The van der Waals surface area contributed by atoms with Crippen molar-refractivity contribution in [1.82, 2.24) is 0 Å². The summed E-state index contributed by atoms with van der Waals surface area (Å²) in [6, 6.07) is 0. The van der Waals surface area contributed by atoms with Crippen molar-refractivity contribution >= 4 is 0 Å². The van der Waals surface area contributed by atoms with Gasteiger partial charge in [-0.1, -0.05) is 80.7 Å².